The van der Waals surface area contributed by atoms with Gasteiger partial charge in [0.1, 0.15) is 0 Å². The number of hydrogen-bond donors (Lipinski definition) is 1. The summed E-state index contributed by atoms with van der Waals surface area (Å²) < 4.78 is 36.2. The van der Waals surface area contributed by atoms with Gasteiger partial charge in [0, 0.05) is 25.2 Å². The smallest absolute Gasteiger partial charge is 0.311 e. The summed E-state index contributed by atoms with van der Waals surface area (Å²) in [6.45, 7) is 4.03. The van der Waals surface area contributed by atoms with E-state index >= 15 is 0 Å². The Morgan fingerprint density at radius 3 is 2.43 bits per heavy atom. The Labute approximate surface area is 88.2 Å². The first-order valence-electron chi connectivity index (χ1n) is 4.42. The van der Waals surface area contributed by atoms with E-state index in [1.54, 1.807) is 0 Å². The van der Waals surface area contributed by atoms with Gasteiger partial charge in [-0.2, -0.15) is 13.2 Å². The molecule has 0 amide bonds. The molecule has 0 saturated carbocycles. The fraction of sp³-hybridized carbons (Fsp3) is 1.00. The second kappa shape index (κ2) is 5.19. The van der Waals surface area contributed by atoms with Gasteiger partial charge in [-0.25, -0.2) is 0 Å². The van der Waals surface area contributed by atoms with Crippen molar-refractivity contribution in [2.24, 2.45) is 0 Å². The minimum absolute atomic E-state index is 0. The molecule has 0 radical (unpaired) electrons. The predicted molar refractivity (Wildman–Crippen MR) is 51.8 cm³/mol. The Balaban J connectivity index is 0.00000169. The average molecular weight is 233 g/mol. The molecule has 0 aliphatic carbocycles. The SMILES string of the molecule is C[C@@H]1CN(CC(F)(F)F)[C@@H](C)CN1.Cl. The lowest BCUT2D eigenvalue weighted by molar-refractivity contribution is -0.152. The minimum Gasteiger partial charge on any atom is -0.311 e. The van der Waals surface area contributed by atoms with Crippen LogP contribution in [-0.4, -0.2) is 42.8 Å². The van der Waals surface area contributed by atoms with Gasteiger partial charge in [0.15, 0.2) is 0 Å². The van der Waals surface area contributed by atoms with Gasteiger partial charge < -0.3 is 5.32 Å². The summed E-state index contributed by atoms with van der Waals surface area (Å²) in [7, 11) is 0. The number of hydrogen-bond acceptors (Lipinski definition) is 2. The molecular formula is C8H16ClF3N2. The third-order valence-corrected chi connectivity index (χ3v) is 2.28. The van der Waals surface area contributed by atoms with Crippen LogP contribution in [0.3, 0.4) is 0 Å². The first kappa shape index (κ1) is 14.0. The Kier molecular flexibility index (Phi) is 5.19. The number of nitrogens with zero attached hydrogens (tertiary/aromatic N) is 1. The Morgan fingerprint density at radius 2 is 1.93 bits per heavy atom. The number of halogens is 4. The number of nitrogens with one attached hydrogen (secondary N) is 1. The molecule has 86 valence electrons. The highest BCUT2D eigenvalue weighted by molar-refractivity contribution is 5.85. The molecule has 1 heterocycles. The second-order valence-corrected chi connectivity index (χ2v) is 3.70. The lowest BCUT2D eigenvalue weighted by Crippen LogP contribution is -2.56. The first-order chi connectivity index (χ1) is 5.88. The fourth-order valence-corrected chi connectivity index (χ4v) is 1.55. The molecule has 1 N–H and O–H groups in total. The van der Waals surface area contributed by atoms with Crippen molar-refractivity contribution >= 4 is 12.4 Å². The van der Waals surface area contributed by atoms with Crippen LogP contribution in [0.2, 0.25) is 0 Å². The first-order valence-corrected chi connectivity index (χ1v) is 4.42. The van der Waals surface area contributed by atoms with Gasteiger partial charge in [-0.05, 0) is 13.8 Å². The molecule has 0 bridgehead atoms. The van der Waals surface area contributed by atoms with Crippen LogP contribution < -0.4 is 5.32 Å². The average Bonchev–Trinajstić information content (AvgIpc) is 1.94. The lowest BCUT2D eigenvalue weighted by Gasteiger charge is -2.37. The number of piperazine rings is 1. The highest BCUT2D eigenvalue weighted by Crippen LogP contribution is 2.19. The molecular weight excluding hydrogens is 217 g/mol. The maximum Gasteiger partial charge on any atom is 0.401 e. The zero-order valence-corrected chi connectivity index (χ0v) is 9.08. The normalized spacial score (nSPS) is 29.8. The molecule has 14 heavy (non-hydrogen) atoms. The van der Waals surface area contributed by atoms with E-state index in [2.05, 4.69) is 5.32 Å². The molecule has 0 aromatic heterocycles. The van der Waals surface area contributed by atoms with E-state index in [-0.39, 0.29) is 24.5 Å². The number of alkyl halides is 3. The van der Waals surface area contributed by atoms with Crippen molar-refractivity contribution < 1.29 is 13.2 Å². The van der Waals surface area contributed by atoms with Crippen LogP contribution in [0, 0.1) is 0 Å². The summed E-state index contributed by atoms with van der Waals surface area (Å²) in [6, 6.07) is 0.122. The molecule has 6 heteroatoms. The summed E-state index contributed by atoms with van der Waals surface area (Å²) in [4.78, 5) is 1.47. The van der Waals surface area contributed by atoms with Crippen molar-refractivity contribution in [2.75, 3.05) is 19.6 Å². The molecule has 1 saturated heterocycles. The quantitative estimate of drug-likeness (QED) is 0.740. The summed E-state index contributed by atoms with van der Waals surface area (Å²) in [5.41, 5.74) is 0. The van der Waals surface area contributed by atoms with E-state index in [4.69, 9.17) is 0 Å². The zero-order chi connectivity index (χ0) is 10.1. The largest absolute Gasteiger partial charge is 0.401 e. The van der Waals surface area contributed by atoms with Crippen molar-refractivity contribution in [1.82, 2.24) is 10.2 Å². The van der Waals surface area contributed by atoms with E-state index in [0.29, 0.717) is 13.1 Å². The van der Waals surface area contributed by atoms with E-state index in [1.807, 2.05) is 13.8 Å². The van der Waals surface area contributed by atoms with Crippen LogP contribution >= 0.6 is 12.4 Å². The van der Waals surface area contributed by atoms with Crippen LogP contribution in [0.5, 0.6) is 0 Å². The van der Waals surface area contributed by atoms with Gasteiger partial charge in [-0.3, -0.25) is 4.90 Å². The van der Waals surface area contributed by atoms with Crippen LogP contribution in [0.1, 0.15) is 13.8 Å². The van der Waals surface area contributed by atoms with Crippen LogP contribution in [0.25, 0.3) is 0 Å². The third kappa shape index (κ3) is 4.48. The van der Waals surface area contributed by atoms with Crippen LogP contribution in [-0.2, 0) is 0 Å². The summed E-state index contributed by atoms with van der Waals surface area (Å²) >= 11 is 0. The molecule has 0 aromatic rings. The highest BCUT2D eigenvalue weighted by Gasteiger charge is 2.34. The maximum absolute atomic E-state index is 12.1. The number of rotatable bonds is 1. The topological polar surface area (TPSA) is 15.3 Å². The minimum atomic E-state index is -4.08. The Hall–Kier alpha value is 0. The third-order valence-electron chi connectivity index (χ3n) is 2.28. The van der Waals surface area contributed by atoms with Gasteiger partial charge in [-0.15, -0.1) is 12.4 Å². The molecule has 2 atom stereocenters. The fourth-order valence-electron chi connectivity index (χ4n) is 1.55. The van der Waals surface area contributed by atoms with E-state index < -0.39 is 12.7 Å². The van der Waals surface area contributed by atoms with E-state index in [9.17, 15) is 13.2 Å². The maximum atomic E-state index is 12.1. The Bertz CT molecular complexity index is 174. The van der Waals surface area contributed by atoms with Crippen molar-refractivity contribution in [3.05, 3.63) is 0 Å². The van der Waals surface area contributed by atoms with Gasteiger partial charge in [0.25, 0.3) is 0 Å². The molecule has 0 spiro atoms. The van der Waals surface area contributed by atoms with Gasteiger partial charge in [0.2, 0.25) is 0 Å². The molecule has 2 nitrogen and oxygen atoms in total. The van der Waals surface area contributed by atoms with Crippen LogP contribution in [0.15, 0.2) is 0 Å². The second-order valence-electron chi connectivity index (χ2n) is 3.70. The summed E-state index contributed by atoms with van der Waals surface area (Å²) in [5.74, 6) is 0. The molecule has 1 rings (SSSR count). The standard InChI is InChI=1S/C8H15F3N2.ClH/c1-6-4-13(5-8(9,10)11)7(2)3-12-6;/h6-7,12H,3-5H2,1-2H3;1H/t6-,7+;/m1./s1. The molecule has 0 aromatic carbocycles. The van der Waals surface area contributed by atoms with Crippen molar-refractivity contribution in [2.45, 2.75) is 32.1 Å². The molecule has 1 aliphatic heterocycles. The lowest BCUT2D eigenvalue weighted by atomic mass is 10.1. The van der Waals surface area contributed by atoms with Crippen molar-refractivity contribution in [3.63, 3.8) is 0 Å². The highest BCUT2D eigenvalue weighted by atomic mass is 35.5. The van der Waals surface area contributed by atoms with E-state index in [1.165, 1.54) is 4.90 Å². The van der Waals surface area contributed by atoms with Crippen molar-refractivity contribution in [3.8, 4) is 0 Å². The summed E-state index contributed by atoms with van der Waals surface area (Å²) in [5, 5.41) is 3.14. The van der Waals surface area contributed by atoms with Crippen LogP contribution in [0.4, 0.5) is 13.2 Å². The van der Waals surface area contributed by atoms with Crippen molar-refractivity contribution in [1.29, 1.82) is 0 Å². The van der Waals surface area contributed by atoms with E-state index in [0.717, 1.165) is 0 Å². The zero-order valence-electron chi connectivity index (χ0n) is 8.27. The monoisotopic (exact) mass is 232 g/mol. The van der Waals surface area contributed by atoms with Gasteiger partial charge in [-0.1, -0.05) is 0 Å². The predicted octanol–water partition coefficient (Wildman–Crippen LogP) is 1.65. The van der Waals surface area contributed by atoms with Gasteiger partial charge >= 0.3 is 6.18 Å². The summed E-state index contributed by atoms with van der Waals surface area (Å²) in [6.07, 6.45) is -4.08. The molecule has 1 fully saturated rings. The van der Waals surface area contributed by atoms with Gasteiger partial charge in [0.05, 0.1) is 6.54 Å². The molecule has 0 unspecified atom stereocenters. The Morgan fingerprint density at radius 1 is 1.36 bits per heavy atom. The molecule has 1 aliphatic rings.